The van der Waals surface area contributed by atoms with Gasteiger partial charge in [-0.2, -0.15) is 0 Å². The van der Waals surface area contributed by atoms with E-state index in [1.807, 2.05) is 48.5 Å². The standard InChI is InChI=1S/C21H17N3O3/c25-21-18-8-4-5-9-19(18)22-20(16-10-12-17(13-11-16)24(26)27)23(21)14-15-6-2-1-3-7-15/h1-13,20,22H,14H2/t20-/m1/s1. The summed E-state index contributed by atoms with van der Waals surface area (Å²) < 4.78 is 0. The van der Waals surface area contributed by atoms with Gasteiger partial charge in [0, 0.05) is 24.4 Å². The molecule has 6 nitrogen and oxygen atoms in total. The molecule has 0 aromatic heterocycles. The van der Waals surface area contributed by atoms with Crippen molar-refractivity contribution in [1.29, 1.82) is 0 Å². The van der Waals surface area contributed by atoms with Gasteiger partial charge in [-0.25, -0.2) is 0 Å². The summed E-state index contributed by atoms with van der Waals surface area (Å²) >= 11 is 0. The molecule has 0 saturated carbocycles. The second kappa shape index (κ2) is 6.92. The van der Waals surface area contributed by atoms with E-state index in [1.165, 1.54) is 12.1 Å². The van der Waals surface area contributed by atoms with Gasteiger partial charge in [0.2, 0.25) is 0 Å². The molecule has 27 heavy (non-hydrogen) atoms. The lowest BCUT2D eigenvalue weighted by atomic mass is 10.0. The van der Waals surface area contributed by atoms with Gasteiger partial charge in [0.1, 0.15) is 6.17 Å². The number of nitro groups is 1. The second-order valence-electron chi connectivity index (χ2n) is 6.36. The Morgan fingerprint density at radius 1 is 0.926 bits per heavy atom. The quantitative estimate of drug-likeness (QED) is 0.555. The summed E-state index contributed by atoms with van der Waals surface area (Å²) in [5.41, 5.74) is 3.20. The van der Waals surface area contributed by atoms with Crippen molar-refractivity contribution in [2.75, 3.05) is 5.32 Å². The lowest BCUT2D eigenvalue weighted by Crippen LogP contribution is -2.42. The Bertz CT molecular complexity index is 987. The van der Waals surface area contributed by atoms with Crippen LogP contribution >= 0.6 is 0 Å². The Morgan fingerprint density at radius 2 is 1.59 bits per heavy atom. The first-order chi connectivity index (χ1) is 13.1. The number of para-hydroxylation sites is 1. The number of non-ortho nitro benzene ring substituents is 1. The van der Waals surface area contributed by atoms with Crippen molar-refractivity contribution in [2.24, 2.45) is 0 Å². The molecule has 4 rings (SSSR count). The molecule has 0 radical (unpaired) electrons. The highest BCUT2D eigenvalue weighted by Gasteiger charge is 2.32. The number of nitrogens with one attached hydrogen (secondary N) is 1. The highest BCUT2D eigenvalue weighted by molar-refractivity contribution is 6.01. The van der Waals surface area contributed by atoms with Gasteiger partial charge < -0.3 is 10.2 Å². The van der Waals surface area contributed by atoms with Crippen LogP contribution in [0.2, 0.25) is 0 Å². The number of carbonyl (C=O) groups excluding carboxylic acids is 1. The van der Waals surface area contributed by atoms with Crippen LogP contribution in [0, 0.1) is 10.1 Å². The van der Waals surface area contributed by atoms with Crippen LogP contribution in [0.4, 0.5) is 11.4 Å². The third-order valence-electron chi connectivity index (χ3n) is 4.64. The number of amides is 1. The van der Waals surface area contributed by atoms with Crippen molar-refractivity contribution in [3.8, 4) is 0 Å². The van der Waals surface area contributed by atoms with Gasteiger partial charge in [0.25, 0.3) is 11.6 Å². The van der Waals surface area contributed by atoms with Crippen LogP contribution in [0.25, 0.3) is 0 Å². The van der Waals surface area contributed by atoms with Crippen LogP contribution < -0.4 is 5.32 Å². The topological polar surface area (TPSA) is 75.5 Å². The Hall–Kier alpha value is -3.67. The molecule has 1 atom stereocenters. The van der Waals surface area contributed by atoms with Crippen molar-refractivity contribution in [2.45, 2.75) is 12.7 Å². The van der Waals surface area contributed by atoms with E-state index in [1.54, 1.807) is 23.1 Å². The molecule has 0 aliphatic carbocycles. The van der Waals surface area contributed by atoms with Crippen molar-refractivity contribution < 1.29 is 9.72 Å². The van der Waals surface area contributed by atoms with E-state index < -0.39 is 11.1 Å². The SMILES string of the molecule is O=C1c2ccccc2N[C@@H](c2ccc([N+](=O)[O-])cc2)N1Cc1ccccc1. The smallest absolute Gasteiger partial charge is 0.269 e. The van der Waals surface area contributed by atoms with Gasteiger partial charge in [0.05, 0.1) is 10.5 Å². The Balaban J connectivity index is 1.74. The van der Waals surface area contributed by atoms with Crippen molar-refractivity contribution in [3.63, 3.8) is 0 Å². The number of rotatable bonds is 4. The number of anilines is 1. The minimum Gasteiger partial charge on any atom is -0.361 e. The number of hydrogen-bond donors (Lipinski definition) is 1. The van der Waals surface area contributed by atoms with Crippen LogP contribution in [0.5, 0.6) is 0 Å². The maximum Gasteiger partial charge on any atom is 0.269 e. The fourth-order valence-electron chi connectivity index (χ4n) is 3.28. The third kappa shape index (κ3) is 3.25. The summed E-state index contributed by atoms with van der Waals surface area (Å²) in [6, 6.07) is 23.4. The molecule has 0 saturated heterocycles. The molecule has 1 amide bonds. The van der Waals surface area contributed by atoms with Crippen LogP contribution in [0.1, 0.15) is 27.7 Å². The Labute approximate surface area is 156 Å². The summed E-state index contributed by atoms with van der Waals surface area (Å²) in [7, 11) is 0. The molecule has 1 heterocycles. The van der Waals surface area contributed by atoms with Crippen LogP contribution in [0.15, 0.2) is 78.9 Å². The minimum absolute atomic E-state index is 0.0240. The lowest BCUT2D eigenvalue weighted by Gasteiger charge is -2.38. The number of carbonyl (C=O) groups is 1. The highest BCUT2D eigenvalue weighted by Crippen LogP contribution is 2.34. The molecular weight excluding hydrogens is 342 g/mol. The summed E-state index contributed by atoms with van der Waals surface area (Å²) in [6.45, 7) is 0.433. The molecule has 0 bridgehead atoms. The van der Waals surface area contributed by atoms with Gasteiger partial charge in [-0.05, 0) is 35.4 Å². The van der Waals surface area contributed by atoms with E-state index in [4.69, 9.17) is 0 Å². The van der Waals surface area contributed by atoms with E-state index in [2.05, 4.69) is 5.32 Å². The summed E-state index contributed by atoms with van der Waals surface area (Å²) in [5, 5.41) is 14.3. The second-order valence-corrected chi connectivity index (χ2v) is 6.36. The molecule has 6 heteroatoms. The first-order valence-electron chi connectivity index (χ1n) is 8.58. The van der Waals surface area contributed by atoms with Crippen LogP contribution in [-0.2, 0) is 6.54 Å². The first kappa shape index (κ1) is 16.8. The van der Waals surface area contributed by atoms with E-state index in [9.17, 15) is 14.9 Å². The maximum atomic E-state index is 13.2. The first-order valence-corrected chi connectivity index (χ1v) is 8.58. The van der Waals surface area contributed by atoms with Crippen LogP contribution in [-0.4, -0.2) is 15.7 Å². The molecule has 3 aromatic rings. The van der Waals surface area contributed by atoms with Crippen LogP contribution in [0.3, 0.4) is 0 Å². The number of nitro benzene ring substituents is 1. The fourth-order valence-corrected chi connectivity index (χ4v) is 3.28. The molecule has 1 N–H and O–H groups in total. The predicted molar refractivity (Wildman–Crippen MR) is 102 cm³/mol. The average molecular weight is 359 g/mol. The van der Waals surface area contributed by atoms with Gasteiger partial charge in [-0.3, -0.25) is 14.9 Å². The normalized spacial score (nSPS) is 15.8. The summed E-state index contributed by atoms with van der Waals surface area (Å²) in [6.07, 6.45) is -0.409. The van der Waals surface area contributed by atoms with E-state index in [0.29, 0.717) is 12.1 Å². The maximum absolute atomic E-state index is 13.2. The molecule has 1 aliphatic rings. The minimum atomic E-state index is -0.430. The summed E-state index contributed by atoms with van der Waals surface area (Å²) in [5.74, 6) is -0.0726. The van der Waals surface area contributed by atoms with Crippen molar-refractivity contribution >= 4 is 17.3 Å². The van der Waals surface area contributed by atoms with Crippen molar-refractivity contribution in [1.82, 2.24) is 4.90 Å². The number of hydrogen-bond acceptors (Lipinski definition) is 4. The predicted octanol–water partition coefficient (Wildman–Crippen LogP) is 4.36. The molecule has 0 unspecified atom stereocenters. The van der Waals surface area contributed by atoms with Gasteiger partial charge in [0.15, 0.2) is 0 Å². The molecule has 0 spiro atoms. The third-order valence-corrected chi connectivity index (χ3v) is 4.64. The Kier molecular flexibility index (Phi) is 4.30. The monoisotopic (exact) mass is 359 g/mol. The molecule has 3 aromatic carbocycles. The Morgan fingerprint density at radius 3 is 2.30 bits per heavy atom. The lowest BCUT2D eigenvalue weighted by molar-refractivity contribution is -0.384. The van der Waals surface area contributed by atoms with E-state index >= 15 is 0 Å². The molecule has 1 aliphatic heterocycles. The molecule has 0 fully saturated rings. The zero-order valence-corrected chi connectivity index (χ0v) is 14.4. The van der Waals surface area contributed by atoms with E-state index in [0.717, 1.165) is 16.8 Å². The number of fused-ring (bicyclic) bond motifs is 1. The zero-order chi connectivity index (χ0) is 18.8. The highest BCUT2D eigenvalue weighted by atomic mass is 16.6. The number of benzene rings is 3. The average Bonchev–Trinajstić information content (AvgIpc) is 2.71. The largest absolute Gasteiger partial charge is 0.361 e. The van der Waals surface area contributed by atoms with Gasteiger partial charge in [-0.15, -0.1) is 0 Å². The summed E-state index contributed by atoms with van der Waals surface area (Å²) in [4.78, 5) is 25.4. The van der Waals surface area contributed by atoms with Gasteiger partial charge in [-0.1, -0.05) is 42.5 Å². The zero-order valence-electron chi connectivity index (χ0n) is 14.4. The molecular formula is C21H17N3O3. The fraction of sp³-hybridized carbons (Fsp3) is 0.0952. The number of nitrogens with zero attached hydrogens (tertiary/aromatic N) is 2. The van der Waals surface area contributed by atoms with Crippen molar-refractivity contribution in [3.05, 3.63) is 106 Å². The van der Waals surface area contributed by atoms with Gasteiger partial charge >= 0.3 is 0 Å². The molecule has 134 valence electrons. The van der Waals surface area contributed by atoms with E-state index in [-0.39, 0.29) is 11.6 Å².